The van der Waals surface area contributed by atoms with Gasteiger partial charge in [0.1, 0.15) is 0 Å². The standard InChI is InChI=1S/C21H24N6/c1-2-6-20(27-12-4-11-24-27)18(5-1)15-25-13-17-7-8-19(25)16-26(14-17)21-22-9-3-10-23-21/h1-6,9-12,17,19H,7-8,13-16H2/t17-,19-/m1/s1. The van der Waals surface area contributed by atoms with Crippen LogP contribution in [0.3, 0.4) is 0 Å². The van der Waals surface area contributed by atoms with E-state index in [1.165, 1.54) is 24.1 Å². The molecular weight excluding hydrogens is 336 g/mol. The van der Waals surface area contributed by atoms with Gasteiger partial charge in [0, 0.05) is 57.0 Å². The van der Waals surface area contributed by atoms with Gasteiger partial charge in [-0.25, -0.2) is 14.6 Å². The van der Waals surface area contributed by atoms with Crippen molar-refractivity contribution >= 4 is 5.95 Å². The lowest BCUT2D eigenvalue weighted by atomic mass is 9.94. The van der Waals surface area contributed by atoms with E-state index in [0.29, 0.717) is 12.0 Å². The van der Waals surface area contributed by atoms with Gasteiger partial charge in [-0.3, -0.25) is 4.90 Å². The van der Waals surface area contributed by atoms with E-state index < -0.39 is 0 Å². The molecule has 6 nitrogen and oxygen atoms in total. The highest BCUT2D eigenvalue weighted by Crippen LogP contribution is 2.31. The van der Waals surface area contributed by atoms with Crippen LogP contribution in [-0.4, -0.2) is 50.3 Å². The number of aromatic nitrogens is 4. The Balaban J connectivity index is 1.38. The summed E-state index contributed by atoms with van der Waals surface area (Å²) < 4.78 is 1.97. The summed E-state index contributed by atoms with van der Waals surface area (Å²) in [7, 11) is 0. The van der Waals surface area contributed by atoms with Crippen molar-refractivity contribution in [1.29, 1.82) is 0 Å². The summed E-state index contributed by atoms with van der Waals surface area (Å²) in [6, 6.07) is 13.0. The zero-order valence-corrected chi connectivity index (χ0v) is 15.4. The van der Waals surface area contributed by atoms with Crippen molar-refractivity contribution in [1.82, 2.24) is 24.6 Å². The van der Waals surface area contributed by atoms with E-state index >= 15 is 0 Å². The van der Waals surface area contributed by atoms with E-state index in [1.807, 2.05) is 41.6 Å². The number of hydrogen-bond donors (Lipinski definition) is 0. The highest BCUT2D eigenvalue weighted by Gasteiger charge is 2.35. The minimum atomic E-state index is 0.540. The SMILES string of the molecule is c1cnc(N2C[C@@H]3CC[C@H](C2)N(Cc2ccccc2-n2cccn2)C3)nc1. The third kappa shape index (κ3) is 3.32. The second-order valence-corrected chi connectivity index (χ2v) is 7.56. The van der Waals surface area contributed by atoms with E-state index in [1.54, 1.807) is 0 Å². The highest BCUT2D eigenvalue weighted by atomic mass is 15.3. The van der Waals surface area contributed by atoms with Crippen LogP contribution in [0.1, 0.15) is 18.4 Å². The van der Waals surface area contributed by atoms with E-state index in [9.17, 15) is 0 Å². The Morgan fingerprint density at radius 3 is 2.63 bits per heavy atom. The van der Waals surface area contributed by atoms with Crippen molar-refractivity contribution in [3.05, 3.63) is 66.7 Å². The fourth-order valence-corrected chi connectivity index (χ4v) is 4.49. The first-order chi connectivity index (χ1) is 13.4. The molecule has 3 aliphatic rings. The summed E-state index contributed by atoms with van der Waals surface area (Å²) in [4.78, 5) is 14.0. The Bertz CT molecular complexity index is 879. The number of anilines is 1. The molecule has 1 aromatic carbocycles. The summed E-state index contributed by atoms with van der Waals surface area (Å²) in [5.41, 5.74) is 2.50. The van der Waals surface area contributed by atoms with Crippen LogP contribution in [0, 0.1) is 5.92 Å². The van der Waals surface area contributed by atoms with Crippen LogP contribution < -0.4 is 4.90 Å². The van der Waals surface area contributed by atoms with Crippen molar-refractivity contribution in [2.75, 3.05) is 24.5 Å². The summed E-state index contributed by atoms with van der Waals surface area (Å²) in [6.07, 6.45) is 10.1. The smallest absolute Gasteiger partial charge is 0.225 e. The van der Waals surface area contributed by atoms with Crippen LogP contribution in [0.15, 0.2) is 61.2 Å². The molecule has 0 N–H and O–H groups in total. The average Bonchev–Trinajstić information content (AvgIpc) is 3.10. The first-order valence-corrected chi connectivity index (χ1v) is 9.71. The van der Waals surface area contributed by atoms with Crippen molar-refractivity contribution < 1.29 is 0 Å². The molecule has 0 aliphatic carbocycles. The number of rotatable bonds is 4. The molecule has 0 amide bonds. The second kappa shape index (κ2) is 7.12. The fraction of sp³-hybridized carbons (Fsp3) is 0.381. The molecule has 5 heterocycles. The zero-order chi connectivity index (χ0) is 18.1. The van der Waals surface area contributed by atoms with Gasteiger partial charge in [0.2, 0.25) is 5.95 Å². The van der Waals surface area contributed by atoms with E-state index in [4.69, 9.17) is 0 Å². The van der Waals surface area contributed by atoms with Gasteiger partial charge in [-0.1, -0.05) is 18.2 Å². The number of para-hydroxylation sites is 1. The Hall–Kier alpha value is -2.73. The Labute approximate surface area is 159 Å². The molecule has 138 valence electrons. The van der Waals surface area contributed by atoms with Gasteiger partial charge in [-0.2, -0.15) is 5.10 Å². The number of piperidine rings is 1. The molecule has 27 heavy (non-hydrogen) atoms. The zero-order valence-electron chi connectivity index (χ0n) is 15.4. The Morgan fingerprint density at radius 2 is 1.78 bits per heavy atom. The number of nitrogens with zero attached hydrogens (tertiary/aromatic N) is 6. The lowest BCUT2D eigenvalue weighted by Crippen LogP contribution is -2.43. The minimum absolute atomic E-state index is 0.540. The molecule has 6 rings (SSSR count). The molecular formula is C21H24N6. The van der Waals surface area contributed by atoms with Gasteiger partial charge < -0.3 is 4.90 Å². The first-order valence-electron chi connectivity index (χ1n) is 9.71. The minimum Gasteiger partial charge on any atom is -0.339 e. The molecule has 3 saturated heterocycles. The molecule has 2 aromatic heterocycles. The van der Waals surface area contributed by atoms with Crippen molar-refractivity contribution in [3.63, 3.8) is 0 Å². The molecule has 3 aliphatic heterocycles. The normalized spacial score (nSPS) is 22.7. The van der Waals surface area contributed by atoms with Gasteiger partial charge in [0.25, 0.3) is 0 Å². The quantitative estimate of drug-likeness (QED) is 0.716. The van der Waals surface area contributed by atoms with E-state index in [-0.39, 0.29) is 0 Å². The summed E-state index contributed by atoms with van der Waals surface area (Å²) in [6.45, 7) is 4.16. The Morgan fingerprint density at radius 1 is 0.889 bits per heavy atom. The predicted octanol–water partition coefficient (Wildman–Crippen LogP) is 2.76. The van der Waals surface area contributed by atoms with Gasteiger partial charge >= 0.3 is 0 Å². The van der Waals surface area contributed by atoms with Gasteiger partial charge in [-0.15, -0.1) is 0 Å². The molecule has 0 saturated carbocycles. The third-order valence-electron chi connectivity index (χ3n) is 5.78. The predicted molar refractivity (Wildman–Crippen MR) is 105 cm³/mol. The molecule has 0 radical (unpaired) electrons. The second-order valence-electron chi connectivity index (χ2n) is 7.56. The maximum atomic E-state index is 4.48. The molecule has 0 spiro atoms. The lowest BCUT2D eigenvalue weighted by molar-refractivity contribution is 0.126. The summed E-state index contributed by atoms with van der Waals surface area (Å²) >= 11 is 0. The molecule has 2 atom stereocenters. The molecule has 2 bridgehead atoms. The molecule has 3 fully saturated rings. The lowest BCUT2D eigenvalue weighted by Gasteiger charge is -2.36. The van der Waals surface area contributed by atoms with Crippen LogP contribution in [0.25, 0.3) is 5.69 Å². The van der Waals surface area contributed by atoms with Crippen molar-refractivity contribution in [2.45, 2.75) is 25.4 Å². The maximum absolute atomic E-state index is 4.48. The topological polar surface area (TPSA) is 50.1 Å². The van der Waals surface area contributed by atoms with Crippen LogP contribution in [0.4, 0.5) is 5.95 Å². The fourth-order valence-electron chi connectivity index (χ4n) is 4.49. The molecule has 6 heteroatoms. The van der Waals surface area contributed by atoms with Gasteiger partial charge in [-0.05, 0) is 42.5 Å². The largest absolute Gasteiger partial charge is 0.339 e. The van der Waals surface area contributed by atoms with Crippen LogP contribution in [0.2, 0.25) is 0 Å². The Kier molecular flexibility index (Phi) is 4.33. The monoisotopic (exact) mass is 360 g/mol. The van der Waals surface area contributed by atoms with Gasteiger partial charge in [0.15, 0.2) is 0 Å². The summed E-state index contributed by atoms with van der Waals surface area (Å²) in [5.74, 6) is 1.54. The number of benzene rings is 1. The molecule has 0 unspecified atom stereocenters. The maximum Gasteiger partial charge on any atom is 0.225 e. The van der Waals surface area contributed by atoms with Crippen LogP contribution in [-0.2, 0) is 6.54 Å². The van der Waals surface area contributed by atoms with E-state index in [0.717, 1.165) is 32.1 Å². The van der Waals surface area contributed by atoms with Crippen LogP contribution >= 0.6 is 0 Å². The van der Waals surface area contributed by atoms with Crippen molar-refractivity contribution in [2.24, 2.45) is 5.92 Å². The number of hydrogen-bond acceptors (Lipinski definition) is 5. The first kappa shape index (κ1) is 16.4. The third-order valence-corrected chi connectivity index (χ3v) is 5.78. The van der Waals surface area contributed by atoms with E-state index in [2.05, 4.69) is 49.1 Å². The highest BCUT2D eigenvalue weighted by molar-refractivity contribution is 5.40. The van der Waals surface area contributed by atoms with Crippen molar-refractivity contribution in [3.8, 4) is 5.69 Å². The number of fused-ring (bicyclic) bond motifs is 4. The molecule has 3 aromatic rings. The summed E-state index contributed by atoms with van der Waals surface area (Å²) in [5, 5.41) is 4.43. The average molecular weight is 360 g/mol. The van der Waals surface area contributed by atoms with Gasteiger partial charge in [0.05, 0.1) is 5.69 Å². The van der Waals surface area contributed by atoms with Crippen LogP contribution in [0.5, 0.6) is 0 Å².